The number of rotatable bonds is 7. The molecule has 0 saturated carbocycles. The number of hydrogen-bond donors (Lipinski definition) is 0. The number of methoxy groups -OCH3 is 1. The summed E-state index contributed by atoms with van der Waals surface area (Å²) in [5.74, 6) is 3.05. The summed E-state index contributed by atoms with van der Waals surface area (Å²) in [5, 5.41) is 0.833. The van der Waals surface area contributed by atoms with E-state index in [1.54, 1.807) is 12.0 Å². The summed E-state index contributed by atoms with van der Waals surface area (Å²) in [7, 11) is 1.63. The number of anilines is 1. The summed E-state index contributed by atoms with van der Waals surface area (Å²) in [5.41, 5.74) is 1.57. The van der Waals surface area contributed by atoms with Crippen LogP contribution in [0, 0.1) is 5.92 Å². The maximum absolute atomic E-state index is 12.5. The van der Waals surface area contributed by atoms with Crippen LogP contribution in [0.2, 0.25) is 0 Å². The molecule has 0 radical (unpaired) electrons. The van der Waals surface area contributed by atoms with Gasteiger partial charge in [-0.05, 0) is 30.3 Å². The average Bonchev–Trinajstić information content (AvgIpc) is 3.24. The number of amides is 1. The Hall–Kier alpha value is -3.79. The first kappa shape index (κ1) is 21.7. The zero-order valence-electron chi connectivity index (χ0n) is 19.4. The van der Waals surface area contributed by atoms with Crippen molar-refractivity contribution in [3.8, 4) is 23.1 Å². The lowest BCUT2D eigenvalue weighted by Gasteiger charge is -2.39. The second-order valence-electron chi connectivity index (χ2n) is 8.90. The molecular weight excluding hydrogens is 452 g/mol. The van der Waals surface area contributed by atoms with Gasteiger partial charge >= 0.3 is 6.09 Å². The number of ether oxygens (including phenoxy) is 5. The van der Waals surface area contributed by atoms with Crippen LogP contribution in [0.5, 0.6) is 23.1 Å². The molecule has 2 aromatic carbocycles. The Morgan fingerprint density at radius 2 is 1.89 bits per heavy atom. The van der Waals surface area contributed by atoms with Crippen LogP contribution in [-0.2, 0) is 4.74 Å². The quantitative estimate of drug-likeness (QED) is 0.508. The van der Waals surface area contributed by atoms with Crippen molar-refractivity contribution in [2.45, 2.75) is 6.10 Å². The van der Waals surface area contributed by atoms with Gasteiger partial charge in [-0.1, -0.05) is 0 Å². The van der Waals surface area contributed by atoms with Crippen LogP contribution in [0.3, 0.4) is 0 Å². The van der Waals surface area contributed by atoms with Crippen LogP contribution >= 0.6 is 0 Å². The second-order valence-corrected chi connectivity index (χ2v) is 8.90. The van der Waals surface area contributed by atoms with Crippen LogP contribution in [0.4, 0.5) is 10.5 Å². The molecule has 3 aliphatic heterocycles. The average molecular weight is 479 g/mol. The SMILES string of the molecule is COc1ccc2ncnc(OCC3CN(CC4CN(c5ccc6c(c5)OCCO6)C(=O)O4)C3)c2c1. The van der Waals surface area contributed by atoms with Gasteiger partial charge in [0.05, 0.1) is 36.9 Å². The van der Waals surface area contributed by atoms with E-state index in [2.05, 4.69) is 14.9 Å². The zero-order chi connectivity index (χ0) is 23.8. The first-order valence-electron chi connectivity index (χ1n) is 11.7. The fourth-order valence-electron chi connectivity index (χ4n) is 4.70. The third kappa shape index (κ3) is 4.37. The van der Waals surface area contributed by atoms with Gasteiger partial charge in [-0.25, -0.2) is 14.8 Å². The van der Waals surface area contributed by atoms with Gasteiger partial charge in [0.2, 0.25) is 5.88 Å². The third-order valence-corrected chi connectivity index (χ3v) is 6.47. The minimum atomic E-state index is -0.335. The van der Waals surface area contributed by atoms with Crippen molar-refractivity contribution in [2.75, 3.05) is 58.0 Å². The normalized spacial score (nSPS) is 20.0. The molecule has 4 heterocycles. The van der Waals surface area contributed by atoms with Gasteiger partial charge < -0.3 is 23.7 Å². The van der Waals surface area contributed by atoms with E-state index in [0.717, 1.165) is 35.4 Å². The Kier molecular flexibility index (Phi) is 5.65. The maximum Gasteiger partial charge on any atom is 0.414 e. The number of fused-ring (bicyclic) bond motifs is 2. The number of cyclic esters (lactones) is 1. The standard InChI is InChI=1S/C25H26N4O6/c1-31-18-3-4-21-20(9-18)24(27-15-26-21)34-14-16-10-28(11-16)12-19-13-29(25(30)35-19)17-2-5-22-23(8-17)33-7-6-32-22/h2-5,8-9,15-16,19H,6-7,10-14H2,1H3. The van der Waals surface area contributed by atoms with Crippen molar-refractivity contribution < 1.29 is 28.5 Å². The zero-order valence-corrected chi connectivity index (χ0v) is 19.4. The predicted octanol–water partition coefficient (Wildman–Crippen LogP) is 2.75. The topological polar surface area (TPSA) is 95.5 Å². The first-order valence-corrected chi connectivity index (χ1v) is 11.7. The summed E-state index contributed by atoms with van der Waals surface area (Å²) < 4.78 is 28.2. The van der Waals surface area contributed by atoms with E-state index in [0.29, 0.717) is 56.2 Å². The van der Waals surface area contributed by atoms with E-state index >= 15 is 0 Å². The first-order chi connectivity index (χ1) is 17.2. The molecule has 2 saturated heterocycles. The fourth-order valence-corrected chi connectivity index (χ4v) is 4.70. The Balaban J connectivity index is 1.01. The van der Waals surface area contributed by atoms with E-state index in [4.69, 9.17) is 23.7 Å². The Morgan fingerprint density at radius 3 is 2.74 bits per heavy atom. The molecular formula is C25H26N4O6. The fraction of sp³-hybridized carbons (Fsp3) is 0.400. The summed E-state index contributed by atoms with van der Waals surface area (Å²) in [6.07, 6.45) is 0.994. The maximum atomic E-state index is 12.5. The van der Waals surface area contributed by atoms with Crippen molar-refractivity contribution in [1.82, 2.24) is 14.9 Å². The summed E-state index contributed by atoms with van der Waals surface area (Å²) >= 11 is 0. The van der Waals surface area contributed by atoms with E-state index in [1.807, 2.05) is 36.4 Å². The monoisotopic (exact) mass is 478 g/mol. The van der Waals surface area contributed by atoms with E-state index in [1.165, 1.54) is 6.33 Å². The predicted molar refractivity (Wildman–Crippen MR) is 127 cm³/mol. The lowest BCUT2D eigenvalue weighted by molar-refractivity contribution is 0.0264. The number of aromatic nitrogens is 2. The van der Waals surface area contributed by atoms with Gasteiger partial charge in [0.15, 0.2) is 11.5 Å². The highest BCUT2D eigenvalue weighted by Gasteiger charge is 2.37. The van der Waals surface area contributed by atoms with Crippen molar-refractivity contribution in [1.29, 1.82) is 0 Å². The number of nitrogens with zero attached hydrogens (tertiary/aromatic N) is 4. The Morgan fingerprint density at radius 1 is 1.03 bits per heavy atom. The second kappa shape index (κ2) is 9.10. The molecule has 2 fully saturated rings. The molecule has 1 unspecified atom stereocenters. The van der Waals surface area contributed by atoms with Gasteiger partial charge in [-0.15, -0.1) is 0 Å². The molecule has 0 bridgehead atoms. The van der Waals surface area contributed by atoms with Crippen molar-refractivity contribution in [2.24, 2.45) is 5.92 Å². The van der Waals surface area contributed by atoms with Crippen LogP contribution in [0.15, 0.2) is 42.7 Å². The summed E-state index contributed by atoms with van der Waals surface area (Å²) in [6.45, 7) is 4.56. The number of carbonyl (C=O) groups is 1. The minimum Gasteiger partial charge on any atom is -0.497 e. The highest BCUT2D eigenvalue weighted by atomic mass is 16.6. The van der Waals surface area contributed by atoms with Crippen molar-refractivity contribution in [3.63, 3.8) is 0 Å². The molecule has 182 valence electrons. The van der Waals surface area contributed by atoms with Crippen LogP contribution in [-0.4, -0.2) is 80.2 Å². The van der Waals surface area contributed by atoms with Crippen molar-refractivity contribution in [3.05, 3.63) is 42.7 Å². The van der Waals surface area contributed by atoms with E-state index in [9.17, 15) is 4.79 Å². The Labute approximate surface area is 202 Å². The van der Waals surface area contributed by atoms with Crippen LogP contribution in [0.1, 0.15) is 0 Å². The molecule has 6 rings (SSSR count). The minimum absolute atomic E-state index is 0.184. The lowest BCUT2D eigenvalue weighted by Crippen LogP contribution is -2.52. The molecule has 0 spiro atoms. The van der Waals surface area contributed by atoms with Crippen molar-refractivity contribution >= 4 is 22.7 Å². The number of benzene rings is 2. The highest BCUT2D eigenvalue weighted by Crippen LogP contribution is 2.35. The molecule has 35 heavy (non-hydrogen) atoms. The van der Waals surface area contributed by atoms with Gasteiger partial charge in [-0.2, -0.15) is 0 Å². The molecule has 3 aromatic rings. The summed E-state index contributed by atoms with van der Waals surface area (Å²) in [6, 6.07) is 11.2. The molecule has 10 heteroatoms. The van der Waals surface area contributed by atoms with E-state index in [-0.39, 0.29) is 12.2 Å². The van der Waals surface area contributed by atoms with Gasteiger partial charge in [0.1, 0.15) is 31.4 Å². The molecule has 0 N–H and O–H groups in total. The molecule has 1 amide bonds. The third-order valence-electron chi connectivity index (χ3n) is 6.47. The smallest absolute Gasteiger partial charge is 0.414 e. The number of carbonyl (C=O) groups excluding carboxylic acids is 1. The van der Waals surface area contributed by atoms with Gasteiger partial charge in [0, 0.05) is 31.6 Å². The van der Waals surface area contributed by atoms with E-state index < -0.39 is 0 Å². The molecule has 1 atom stereocenters. The molecule has 10 nitrogen and oxygen atoms in total. The largest absolute Gasteiger partial charge is 0.497 e. The molecule has 1 aromatic heterocycles. The highest BCUT2D eigenvalue weighted by molar-refractivity contribution is 5.90. The van der Waals surface area contributed by atoms with Gasteiger partial charge in [-0.3, -0.25) is 9.80 Å². The Bertz CT molecular complexity index is 1250. The van der Waals surface area contributed by atoms with Crippen LogP contribution in [0.25, 0.3) is 10.9 Å². The molecule has 3 aliphatic rings. The molecule has 0 aliphatic carbocycles. The number of hydrogen-bond acceptors (Lipinski definition) is 9. The lowest BCUT2D eigenvalue weighted by atomic mass is 10.0. The summed E-state index contributed by atoms with van der Waals surface area (Å²) in [4.78, 5) is 25.0. The number of likely N-dealkylation sites (tertiary alicyclic amines) is 1. The van der Waals surface area contributed by atoms with Crippen LogP contribution < -0.4 is 23.8 Å². The van der Waals surface area contributed by atoms with Gasteiger partial charge in [0.25, 0.3) is 0 Å².